The normalized spacial score (nSPS) is 12.6. The molecule has 0 aliphatic heterocycles. The Morgan fingerprint density at radius 1 is 0.806 bits per heavy atom. The standard InChI is InChI=1S/C28H37BrN2O5/c1-19(2)23(21-16-14-20(18-29)15-17-21)24(32)31(26(34)36-28(6,7)8)30(22-12-10-9-11-13-22)25(33)35-27(3,4)5/h9-17,19,23H,18H2,1-8H3. The summed E-state index contributed by atoms with van der Waals surface area (Å²) in [7, 11) is 0. The molecule has 0 aliphatic carbocycles. The second-order valence-corrected chi connectivity index (χ2v) is 11.4. The van der Waals surface area contributed by atoms with E-state index in [1.165, 1.54) is 0 Å². The Morgan fingerprint density at radius 3 is 1.75 bits per heavy atom. The number of halogens is 1. The van der Waals surface area contributed by atoms with E-state index in [4.69, 9.17) is 9.47 Å². The maximum atomic E-state index is 14.2. The van der Waals surface area contributed by atoms with Crippen molar-refractivity contribution in [3.05, 3.63) is 65.7 Å². The highest BCUT2D eigenvalue weighted by Crippen LogP contribution is 2.31. The van der Waals surface area contributed by atoms with Gasteiger partial charge in [0.2, 0.25) is 0 Å². The summed E-state index contributed by atoms with van der Waals surface area (Å²) in [4.78, 5) is 41.3. The van der Waals surface area contributed by atoms with Gasteiger partial charge in [-0.3, -0.25) is 4.79 Å². The number of nitrogens with zero attached hydrogens (tertiary/aromatic N) is 2. The Labute approximate surface area is 222 Å². The SMILES string of the molecule is CC(C)C(C(=O)N(C(=O)OC(C)(C)C)N(C(=O)OC(C)(C)C)c1ccccc1)c1ccc(CBr)cc1. The molecular weight excluding hydrogens is 524 g/mol. The molecule has 2 rings (SSSR count). The molecule has 2 aromatic rings. The van der Waals surface area contributed by atoms with Crippen molar-refractivity contribution in [2.45, 2.75) is 77.8 Å². The maximum Gasteiger partial charge on any atom is 0.437 e. The fourth-order valence-corrected chi connectivity index (χ4v) is 3.88. The molecule has 0 saturated heterocycles. The molecule has 8 heteroatoms. The Kier molecular flexibility index (Phi) is 9.71. The molecule has 0 N–H and O–H groups in total. The fraction of sp³-hybridized carbons (Fsp3) is 0.464. The maximum absolute atomic E-state index is 14.2. The third-order valence-corrected chi connectivity index (χ3v) is 5.62. The van der Waals surface area contributed by atoms with Crippen molar-refractivity contribution in [3.8, 4) is 0 Å². The van der Waals surface area contributed by atoms with Gasteiger partial charge < -0.3 is 9.47 Å². The topological polar surface area (TPSA) is 76.2 Å². The molecule has 36 heavy (non-hydrogen) atoms. The molecule has 0 aliphatic rings. The van der Waals surface area contributed by atoms with Gasteiger partial charge in [-0.15, -0.1) is 5.01 Å². The van der Waals surface area contributed by atoms with Crippen LogP contribution in [-0.4, -0.2) is 34.3 Å². The molecule has 0 spiro atoms. The van der Waals surface area contributed by atoms with Crippen LogP contribution in [0.4, 0.5) is 15.3 Å². The average Bonchev–Trinajstić information content (AvgIpc) is 2.75. The van der Waals surface area contributed by atoms with Crippen LogP contribution >= 0.6 is 15.9 Å². The van der Waals surface area contributed by atoms with Crippen molar-refractivity contribution in [2.24, 2.45) is 5.92 Å². The van der Waals surface area contributed by atoms with Crippen molar-refractivity contribution >= 4 is 39.7 Å². The molecular formula is C28H37BrN2O5. The first-order chi connectivity index (χ1) is 16.6. The third kappa shape index (κ3) is 8.08. The van der Waals surface area contributed by atoms with Gasteiger partial charge in [0.1, 0.15) is 11.2 Å². The Hall–Kier alpha value is -2.87. The molecule has 196 valence electrons. The quantitative estimate of drug-likeness (QED) is 0.280. The van der Waals surface area contributed by atoms with E-state index in [2.05, 4.69) is 15.9 Å². The number of amides is 3. The smallest absolute Gasteiger partial charge is 0.437 e. The molecule has 0 saturated carbocycles. The minimum atomic E-state index is -0.968. The third-order valence-electron chi connectivity index (χ3n) is 4.97. The fourth-order valence-electron chi connectivity index (χ4n) is 3.51. The number of alkyl halides is 1. The average molecular weight is 562 g/mol. The van der Waals surface area contributed by atoms with E-state index in [9.17, 15) is 14.4 Å². The van der Waals surface area contributed by atoms with Crippen LogP contribution in [0, 0.1) is 5.92 Å². The first kappa shape index (κ1) is 29.4. The van der Waals surface area contributed by atoms with Gasteiger partial charge in [0.25, 0.3) is 5.91 Å². The zero-order valence-corrected chi connectivity index (χ0v) is 24.0. The van der Waals surface area contributed by atoms with E-state index in [1.807, 2.05) is 38.1 Å². The van der Waals surface area contributed by atoms with Gasteiger partial charge in [-0.2, -0.15) is 5.01 Å². The zero-order chi connectivity index (χ0) is 27.3. The number of hydrazine groups is 1. The van der Waals surface area contributed by atoms with E-state index in [0.717, 1.165) is 21.1 Å². The summed E-state index contributed by atoms with van der Waals surface area (Å²) in [5.41, 5.74) is 0.304. The predicted octanol–water partition coefficient (Wildman–Crippen LogP) is 7.44. The largest absolute Gasteiger partial charge is 0.442 e. The summed E-state index contributed by atoms with van der Waals surface area (Å²) in [6.45, 7) is 14.1. The molecule has 0 heterocycles. The number of imide groups is 1. The molecule has 0 fully saturated rings. The number of carbonyl (C=O) groups excluding carboxylic acids is 3. The van der Waals surface area contributed by atoms with E-state index >= 15 is 0 Å². The van der Waals surface area contributed by atoms with Crippen LogP contribution in [0.25, 0.3) is 0 Å². The van der Waals surface area contributed by atoms with Crippen molar-refractivity contribution in [2.75, 3.05) is 5.01 Å². The number of para-hydroxylation sites is 1. The van der Waals surface area contributed by atoms with Crippen molar-refractivity contribution in [1.29, 1.82) is 0 Å². The molecule has 0 radical (unpaired) electrons. The van der Waals surface area contributed by atoms with Gasteiger partial charge in [-0.1, -0.05) is 72.2 Å². The number of benzene rings is 2. The number of carbonyl (C=O) groups is 3. The lowest BCUT2D eigenvalue weighted by Crippen LogP contribution is -2.57. The summed E-state index contributed by atoms with van der Waals surface area (Å²) >= 11 is 3.44. The highest BCUT2D eigenvalue weighted by atomic mass is 79.9. The van der Waals surface area contributed by atoms with Gasteiger partial charge >= 0.3 is 12.2 Å². The van der Waals surface area contributed by atoms with Crippen molar-refractivity contribution in [1.82, 2.24) is 5.01 Å². The summed E-state index contributed by atoms with van der Waals surface area (Å²) in [5, 5.41) is 2.42. The van der Waals surface area contributed by atoms with Crippen molar-refractivity contribution in [3.63, 3.8) is 0 Å². The summed E-state index contributed by atoms with van der Waals surface area (Å²) in [5.74, 6) is -1.51. The Morgan fingerprint density at radius 2 is 1.31 bits per heavy atom. The van der Waals surface area contributed by atoms with Crippen LogP contribution in [0.1, 0.15) is 72.4 Å². The van der Waals surface area contributed by atoms with Crippen LogP contribution in [-0.2, 0) is 19.6 Å². The molecule has 2 aromatic carbocycles. The first-order valence-corrected chi connectivity index (χ1v) is 13.1. The molecule has 7 nitrogen and oxygen atoms in total. The minimum Gasteiger partial charge on any atom is -0.442 e. The zero-order valence-electron chi connectivity index (χ0n) is 22.4. The lowest BCUT2D eigenvalue weighted by molar-refractivity contribution is -0.133. The first-order valence-electron chi connectivity index (χ1n) is 11.9. The number of hydrogen-bond acceptors (Lipinski definition) is 5. The van der Waals surface area contributed by atoms with Gasteiger partial charge in [0, 0.05) is 5.33 Å². The van der Waals surface area contributed by atoms with E-state index < -0.39 is 35.2 Å². The van der Waals surface area contributed by atoms with Crippen molar-refractivity contribution < 1.29 is 23.9 Å². The Balaban J connectivity index is 2.69. The monoisotopic (exact) mass is 560 g/mol. The highest BCUT2D eigenvalue weighted by molar-refractivity contribution is 9.08. The lowest BCUT2D eigenvalue weighted by Gasteiger charge is -2.37. The highest BCUT2D eigenvalue weighted by Gasteiger charge is 2.42. The van der Waals surface area contributed by atoms with Crippen LogP contribution < -0.4 is 5.01 Å². The lowest BCUT2D eigenvalue weighted by atomic mass is 9.87. The van der Waals surface area contributed by atoms with Gasteiger partial charge in [-0.05, 0) is 70.7 Å². The summed E-state index contributed by atoms with van der Waals surface area (Å²) in [6.07, 6.45) is -1.84. The number of anilines is 1. The predicted molar refractivity (Wildman–Crippen MR) is 145 cm³/mol. The molecule has 0 aromatic heterocycles. The number of ether oxygens (including phenoxy) is 2. The summed E-state index contributed by atoms with van der Waals surface area (Å²) < 4.78 is 11.2. The van der Waals surface area contributed by atoms with E-state index in [0.29, 0.717) is 11.0 Å². The van der Waals surface area contributed by atoms with Gasteiger partial charge in [0.15, 0.2) is 0 Å². The van der Waals surface area contributed by atoms with Crippen LogP contribution in [0.2, 0.25) is 0 Å². The van der Waals surface area contributed by atoms with E-state index in [1.54, 1.807) is 71.9 Å². The molecule has 0 bridgehead atoms. The summed E-state index contributed by atoms with van der Waals surface area (Å²) in [6, 6.07) is 16.0. The molecule has 1 unspecified atom stereocenters. The second kappa shape index (κ2) is 11.9. The van der Waals surface area contributed by atoms with Crippen LogP contribution in [0.5, 0.6) is 0 Å². The van der Waals surface area contributed by atoms with Gasteiger partial charge in [-0.25, -0.2) is 9.59 Å². The minimum absolute atomic E-state index is 0.187. The Bertz CT molecular complexity index is 1040. The molecule has 1 atom stereocenters. The van der Waals surface area contributed by atoms with Crippen LogP contribution in [0.3, 0.4) is 0 Å². The molecule has 3 amide bonds. The number of rotatable bonds is 5. The number of hydrogen-bond donors (Lipinski definition) is 0. The van der Waals surface area contributed by atoms with Crippen LogP contribution in [0.15, 0.2) is 54.6 Å². The van der Waals surface area contributed by atoms with E-state index in [-0.39, 0.29) is 5.92 Å². The van der Waals surface area contributed by atoms with Gasteiger partial charge in [0.05, 0.1) is 11.6 Å². The second-order valence-electron chi connectivity index (χ2n) is 10.9.